The molecule has 1 aliphatic heterocycles. The molecule has 2 heterocycles. The molecule has 1 saturated heterocycles. The predicted molar refractivity (Wildman–Crippen MR) is 117 cm³/mol. The number of amides is 1. The smallest absolute Gasteiger partial charge is 0.270 e. The van der Waals surface area contributed by atoms with Gasteiger partial charge >= 0.3 is 0 Å². The van der Waals surface area contributed by atoms with Crippen LogP contribution in [0.15, 0.2) is 54.7 Å². The highest BCUT2D eigenvalue weighted by molar-refractivity contribution is 5.85. The Kier molecular flexibility index (Phi) is 5.67. The average Bonchev–Trinajstić information content (AvgIpc) is 3.15. The van der Waals surface area contributed by atoms with E-state index < -0.39 is 4.92 Å². The van der Waals surface area contributed by atoms with E-state index in [-0.39, 0.29) is 18.1 Å². The normalized spacial score (nSPS) is 14.8. The second-order valence-corrected chi connectivity index (χ2v) is 7.64. The minimum atomic E-state index is -0.415. The van der Waals surface area contributed by atoms with E-state index in [4.69, 9.17) is 0 Å². The molecule has 1 aromatic heterocycles. The molecule has 8 nitrogen and oxygen atoms in total. The Morgan fingerprint density at radius 2 is 1.87 bits per heavy atom. The number of carbonyl (C=O) groups is 1. The number of benzene rings is 2. The summed E-state index contributed by atoms with van der Waals surface area (Å²) in [7, 11) is 2.13. The number of nitro groups is 1. The maximum absolute atomic E-state index is 12.6. The number of likely N-dealkylation sites (N-methyl/N-ethyl adjacent to an activating group) is 1. The molecule has 0 aliphatic carbocycles. The third kappa shape index (κ3) is 4.28. The number of nitrogens with zero attached hydrogens (tertiary/aromatic N) is 4. The summed E-state index contributed by atoms with van der Waals surface area (Å²) in [4.78, 5) is 27.8. The highest BCUT2D eigenvalue weighted by Gasteiger charge is 2.17. The van der Waals surface area contributed by atoms with Crippen molar-refractivity contribution >= 4 is 28.2 Å². The molecule has 8 heteroatoms. The molecule has 1 N–H and O–H groups in total. The van der Waals surface area contributed by atoms with Crippen LogP contribution in [0.25, 0.3) is 10.9 Å². The number of aromatic nitrogens is 1. The number of nitrogens with one attached hydrogen (secondary N) is 1. The van der Waals surface area contributed by atoms with Gasteiger partial charge in [0.2, 0.25) is 5.91 Å². The Morgan fingerprint density at radius 1 is 1.10 bits per heavy atom. The van der Waals surface area contributed by atoms with Crippen LogP contribution in [-0.4, -0.2) is 53.5 Å². The SMILES string of the molecule is CN1CCN(c2ccccc2CNC(=O)Cn2ccc3cc([N+](=O)[O-])ccc32)CC1. The molecule has 156 valence electrons. The number of anilines is 1. The van der Waals surface area contributed by atoms with E-state index in [0.29, 0.717) is 6.54 Å². The van der Waals surface area contributed by atoms with E-state index in [1.54, 1.807) is 22.9 Å². The van der Waals surface area contributed by atoms with Crippen LogP contribution >= 0.6 is 0 Å². The van der Waals surface area contributed by atoms with Gasteiger partial charge in [0.1, 0.15) is 6.54 Å². The number of hydrogen-bond acceptors (Lipinski definition) is 5. The fraction of sp³-hybridized carbons (Fsp3) is 0.318. The summed E-state index contributed by atoms with van der Waals surface area (Å²) in [6, 6.07) is 14.6. The lowest BCUT2D eigenvalue weighted by atomic mass is 10.1. The molecular weight excluding hydrogens is 382 g/mol. The maximum Gasteiger partial charge on any atom is 0.270 e. The van der Waals surface area contributed by atoms with Crippen molar-refractivity contribution < 1.29 is 9.72 Å². The Balaban J connectivity index is 1.41. The van der Waals surface area contributed by atoms with Crippen molar-refractivity contribution in [2.45, 2.75) is 13.1 Å². The van der Waals surface area contributed by atoms with Crippen LogP contribution in [0.2, 0.25) is 0 Å². The summed E-state index contributed by atoms with van der Waals surface area (Å²) in [5, 5.41) is 14.7. The average molecular weight is 407 g/mol. The Morgan fingerprint density at radius 3 is 2.63 bits per heavy atom. The minimum Gasteiger partial charge on any atom is -0.369 e. The number of fused-ring (bicyclic) bond motifs is 1. The van der Waals surface area contributed by atoms with Crippen LogP contribution in [-0.2, 0) is 17.9 Å². The molecule has 1 amide bonds. The summed E-state index contributed by atoms with van der Waals surface area (Å²) in [6.07, 6.45) is 1.78. The molecule has 2 aromatic carbocycles. The Bertz CT molecular complexity index is 1070. The lowest BCUT2D eigenvalue weighted by Crippen LogP contribution is -2.45. The number of hydrogen-bond donors (Lipinski definition) is 1. The van der Waals surface area contributed by atoms with Crippen LogP contribution in [0.4, 0.5) is 11.4 Å². The third-order valence-electron chi connectivity index (χ3n) is 5.59. The first-order chi connectivity index (χ1) is 14.5. The van der Waals surface area contributed by atoms with Gasteiger partial charge in [-0.1, -0.05) is 18.2 Å². The number of nitro benzene ring substituents is 1. The molecule has 0 radical (unpaired) electrons. The minimum absolute atomic E-state index is 0.0465. The van der Waals surface area contributed by atoms with Gasteiger partial charge in [-0.25, -0.2) is 0 Å². The quantitative estimate of drug-likeness (QED) is 0.502. The summed E-state index contributed by atoms with van der Waals surface area (Å²) in [5.74, 6) is -0.0981. The van der Waals surface area contributed by atoms with Gasteiger partial charge in [0.15, 0.2) is 0 Å². The van der Waals surface area contributed by atoms with Crippen molar-refractivity contribution in [2.75, 3.05) is 38.1 Å². The van der Waals surface area contributed by atoms with Gasteiger partial charge in [0, 0.05) is 67.6 Å². The van der Waals surface area contributed by atoms with E-state index in [0.717, 1.165) is 42.6 Å². The van der Waals surface area contributed by atoms with Crippen LogP contribution in [0.5, 0.6) is 0 Å². The molecule has 1 fully saturated rings. The first-order valence-corrected chi connectivity index (χ1v) is 10.0. The van der Waals surface area contributed by atoms with Crippen molar-refractivity contribution in [3.05, 3.63) is 70.4 Å². The molecule has 0 saturated carbocycles. The standard InChI is InChI=1S/C22H25N5O3/c1-24-10-12-25(13-11-24)20-5-3-2-4-18(20)15-23-22(28)16-26-9-8-17-14-19(27(29)30)6-7-21(17)26/h2-9,14H,10-13,15-16H2,1H3,(H,23,28). The monoisotopic (exact) mass is 407 g/mol. The summed E-state index contributed by atoms with van der Waals surface area (Å²) >= 11 is 0. The number of carbonyl (C=O) groups excluding carboxylic acids is 1. The van der Waals surface area contributed by atoms with Crippen molar-refractivity contribution in [2.24, 2.45) is 0 Å². The van der Waals surface area contributed by atoms with E-state index in [1.807, 2.05) is 12.1 Å². The Labute approximate surface area is 174 Å². The molecule has 0 atom stereocenters. The molecule has 0 spiro atoms. The first kappa shape index (κ1) is 19.9. The molecule has 0 bridgehead atoms. The highest BCUT2D eigenvalue weighted by atomic mass is 16.6. The summed E-state index contributed by atoms with van der Waals surface area (Å²) in [6.45, 7) is 4.63. The first-order valence-electron chi connectivity index (χ1n) is 10.0. The van der Waals surface area contributed by atoms with Gasteiger partial charge in [0.25, 0.3) is 5.69 Å². The van der Waals surface area contributed by atoms with Gasteiger partial charge < -0.3 is 19.7 Å². The van der Waals surface area contributed by atoms with Crippen LogP contribution in [0, 0.1) is 10.1 Å². The largest absolute Gasteiger partial charge is 0.369 e. The van der Waals surface area contributed by atoms with Crippen LogP contribution < -0.4 is 10.2 Å². The Hall–Kier alpha value is -3.39. The van der Waals surface area contributed by atoms with Crippen molar-refractivity contribution in [1.29, 1.82) is 0 Å². The van der Waals surface area contributed by atoms with Gasteiger partial charge in [-0.15, -0.1) is 0 Å². The van der Waals surface area contributed by atoms with Crippen molar-refractivity contribution in [3.8, 4) is 0 Å². The maximum atomic E-state index is 12.6. The predicted octanol–water partition coefficient (Wildman–Crippen LogP) is 2.62. The molecule has 3 aromatic rings. The second-order valence-electron chi connectivity index (χ2n) is 7.64. The molecule has 1 aliphatic rings. The van der Waals surface area contributed by atoms with Crippen LogP contribution in [0.3, 0.4) is 0 Å². The van der Waals surface area contributed by atoms with E-state index in [9.17, 15) is 14.9 Å². The zero-order chi connectivity index (χ0) is 21.1. The lowest BCUT2D eigenvalue weighted by Gasteiger charge is -2.35. The van der Waals surface area contributed by atoms with Crippen molar-refractivity contribution in [3.63, 3.8) is 0 Å². The van der Waals surface area contributed by atoms with Crippen LogP contribution in [0.1, 0.15) is 5.56 Å². The zero-order valence-electron chi connectivity index (χ0n) is 17.0. The number of para-hydroxylation sites is 1. The topological polar surface area (TPSA) is 83.6 Å². The molecule has 30 heavy (non-hydrogen) atoms. The van der Waals surface area contributed by atoms with Crippen molar-refractivity contribution in [1.82, 2.24) is 14.8 Å². The van der Waals surface area contributed by atoms with E-state index in [2.05, 4.69) is 34.3 Å². The fourth-order valence-electron chi connectivity index (χ4n) is 3.86. The van der Waals surface area contributed by atoms with Gasteiger partial charge in [-0.05, 0) is 30.8 Å². The number of piperazine rings is 1. The molecular formula is C22H25N5O3. The highest BCUT2D eigenvalue weighted by Crippen LogP contribution is 2.23. The zero-order valence-corrected chi connectivity index (χ0v) is 17.0. The number of rotatable bonds is 6. The van der Waals surface area contributed by atoms with E-state index >= 15 is 0 Å². The fourth-order valence-corrected chi connectivity index (χ4v) is 3.86. The molecule has 0 unspecified atom stereocenters. The van der Waals surface area contributed by atoms with Gasteiger partial charge in [0.05, 0.1) is 4.92 Å². The number of non-ortho nitro benzene ring substituents is 1. The second kappa shape index (κ2) is 8.54. The summed E-state index contributed by atoms with van der Waals surface area (Å²) in [5.41, 5.74) is 3.12. The molecule has 4 rings (SSSR count). The summed E-state index contributed by atoms with van der Waals surface area (Å²) < 4.78 is 1.81. The third-order valence-corrected chi connectivity index (χ3v) is 5.59. The van der Waals surface area contributed by atoms with E-state index in [1.165, 1.54) is 17.8 Å². The van der Waals surface area contributed by atoms with Gasteiger partial charge in [-0.3, -0.25) is 14.9 Å². The van der Waals surface area contributed by atoms with Gasteiger partial charge in [-0.2, -0.15) is 0 Å². The lowest BCUT2D eigenvalue weighted by molar-refractivity contribution is -0.384.